The molecule has 0 aliphatic carbocycles. The van der Waals surface area contributed by atoms with Gasteiger partial charge in [-0.1, -0.05) is 41.4 Å². The van der Waals surface area contributed by atoms with Gasteiger partial charge >= 0.3 is 0 Å². The molecule has 0 unspecified atom stereocenters. The van der Waals surface area contributed by atoms with E-state index in [1.165, 1.54) is 5.56 Å². The molecule has 0 radical (unpaired) electrons. The number of aryl methyl sites for hydroxylation is 1. The second-order valence-electron chi connectivity index (χ2n) is 4.56. The summed E-state index contributed by atoms with van der Waals surface area (Å²) in [6.07, 6.45) is 6.17. The van der Waals surface area contributed by atoms with Crippen LogP contribution in [-0.2, 0) is 13.0 Å². The first kappa shape index (κ1) is 13.9. The van der Waals surface area contributed by atoms with E-state index in [9.17, 15) is 4.79 Å². The molecule has 0 N–H and O–H groups in total. The van der Waals surface area contributed by atoms with Crippen LogP contribution in [0.25, 0.3) is 0 Å². The van der Waals surface area contributed by atoms with Crippen molar-refractivity contribution in [2.45, 2.75) is 26.3 Å². The molecule has 3 heteroatoms. The minimum absolute atomic E-state index is 0.126. The van der Waals surface area contributed by atoms with Crippen molar-refractivity contribution in [1.82, 2.24) is 0 Å². The maximum Gasteiger partial charge on any atom is 0.227 e. The van der Waals surface area contributed by atoms with Gasteiger partial charge in [0.2, 0.25) is 12.3 Å². The van der Waals surface area contributed by atoms with Crippen LogP contribution in [-0.4, -0.2) is 5.78 Å². The minimum Gasteiger partial charge on any atom is -0.287 e. The summed E-state index contributed by atoms with van der Waals surface area (Å²) in [5.41, 5.74) is 2.06. The van der Waals surface area contributed by atoms with Crippen molar-refractivity contribution in [2.75, 3.05) is 0 Å². The van der Waals surface area contributed by atoms with Crippen LogP contribution in [0, 0.1) is 0 Å². The average Bonchev–Trinajstić information content (AvgIpc) is 2.42. The molecule has 0 spiro atoms. The first-order valence-electron chi connectivity index (χ1n) is 6.46. The van der Waals surface area contributed by atoms with E-state index in [2.05, 4.69) is 35.0 Å². The summed E-state index contributed by atoms with van der Waals surface area (Å²) in [5.74, 6) is 0.126. The standard InChI is InChI=1S/C16H17BrNO/c1-2-3-13-8-10-18(11-9-13)12-16(19)14-4-6-15(17)7-5-14/h4-11H,2-3,12H2,1H3/q+1. The van der Waals surface area contributed by atoms with E-state index in [4.69, 9.17) is 0 Å². The summed E-state index contributed by atoms with van der Waals surface area (Å²) in [7, 11) is 0. The highest BCUT2D eigenvalue weighted by Crippen LogP contribution is 2.11. The van der Waals surface area contributed by atoms with Crippen LogP contribution >= 0.6 is 15.9 Å². The Hall–Kier alpha value is -1.48. The van der Waals surface area contributed by atoms with Crippen molar-refractivity contribution < 1.29 is 9.36 Å². The molecule has 19 heavy (non-hydrogen) atoms. The highest BCUT2D eigenvalue weighted by atomic mass is 79.9. The van der Waals surface area contributed by atoms with Crippen molar-refractivity contribution in [3.8, 4) is 0 Å². The Morgan fingerprint density at radius 3 is 2.32 bits per heavy atom. The fraction of sp³-hybridized carbons (Fsp3) is 0.250. The molecule has 2 rings (SSSR count). The topological polar surface area (TPSA) is 20.9 Å². The molecule has 0 fully saturated rings. The van der Waals surface area contributed by atoms with Gasteiger partial charge in [-0.3, -0.25) is 4.79 Å². The number of benzene rings is 1. The largest absolute Gasteiger partial charge is 0.287 e. The number of ketones is 1. The molecule has 0 amide bonds. The molecule has 2 aromatic rings. The normalized spacial score (nSPS) is 10.4. The Morgan fingerprint density at radius 1 is 1.11 bits per heavy atom. The summed E-state index contributed by atoms with van der Waals surface area (Å²) in [6.45, 7) is 2.55. The summed E-state index contributed by atoms with van der Waals surface area (Å²) < 4.78 is 2.91. The van der Waals surface area contributed by atoms with Gasteiger partial charge in [-0.15, -0.1) is 0 Å². The van der Waals surface area contributed by atoms with Gasteiger partial charge in [-0.2, -0.15) is 4.57 Å². The number of halogens is 1. The summed E-state index contributed by atoms with van der Waals surface area (Å²) in [4.78, 5) is 12.1. The summed E-state index contributed by atoms with van der Waals surface area (Å²) >= 11 is 3.37. The Morgan fingerprint density at radius 2 is 1.74 bits per heavy atom. The molecule has 1 aromatic carbocycles. The number of aromatic nitrogens is 1. The number of carbonyl (C=O) groups is 1. The van der Waals surface area contributed by atoms with E-state index in [0.717, 1.165) is 22.9 Å². The van der Waals surface area contributed by atoms with E-state index in [0.29, 0.717) is 6.54 Å². The van der Waals surface area contributed by atoms with Crippen LogP contribution in [0.1, 0.15) is 29.3 Å². The predicted octanol–water partition coefficient (Wildman–Crippen LogP) is 3.57. The van der Waals surface area contributed by atoms with E-state index in [1.54, 1.807) is 0 Å². The lowest BCUT2D eigenvalue weighted by atomic mass is 10.1. The molecule has 0 atom stereocenters. The Bertz CT molecular complexity index is 546. The lowest BCUT2D eigenvalue weighted by Gasteiger charge is -2.00. The number of rotatable bonds is 5. The van der Waals surface area contributed by atoms with Crippen molar-refractivity contribution in [3.05, 3.63) is 64.4 Å². The van der Waals surface area contributed by atoms with Crippen molar-refractivity contribution in [2.24, 2.45) is 0 Å². The molecule has 0 bridgehead atoms. The summed E-state index contributed by atoms with van der Waals surface area (Å²) in [5, 5.41) is 0. The van der Waals surface area contributed by atoms with E-state index >= 15 is 0 Å². The monoisotopic (exact) mass is 318 g/mol. The lowest BCUT2D eigenvalue weighted by molar-refractivity contribution is -0.683. The Balaban J connectivity index is 2.04. The molecule has 0 saturated carbocycles. The number of hydrogen-bond acceptors (Lipinski definition) is 1. The Labute approximate surface area is 122 Å². The number of pyridine rings is 1. The number of Topliss-reactive ketones (excluding diaryl/α,β-unsaturated/α-hetero) is 1. The van der Waals surface area contributed by atoms with Gasteiger partial charge in [0, 0.05) is 22.2 Å². The number of carbonyl (C=O) groups excluding carboxylic acids is 1. The van der Waals surface area contributed by atoms with E-state index in [-0.39, 0.29) is 5.78 Å². The van der Waals surface area contributed by atoms with Gasteiger partial charge in [0.1, 0.15) is 0 Å². The molecule has 0 aliphatic heterocycles. The van der Waals surface area contributed by atoms with Crippen LogP contribution in [0.4, 0.5) is 0 Å². The van der Waals surface area contributed by atoms with Crippen LogP contribution in [0.2, 0.25) is 0 Å². The lowest BCUT2D eigenvalue weighted by Crippen LogP contribution is -2.37. The number of hydrogen-bond donors (Lipinski definition) is 0. The van der Waals surface area contributed by atoms with Crippen LogP contribution in [0.3, 0.4) is 0 Å². The van der Waals surface area contributed by atoms with Gasteiger partial charge in [0.05, 0.1) is 0 Å². The molecule has 0 aliphatic rings. The maximum absolute atomic E-state index is 12.1. The van der Waals surface area contributed by atoms with Crippen molar-refractivity contribution >= 4 is 21.7 Å². The second kappa shape index (κ2) is 6.62. The highest BCUT2D eigenvalue weighted by Gasteiger charge is 2.11. The zero-order chi connectivity index (χ0) is 13.7. The average molecular weight is 319 g/mol. The first-order chi connectivity index (χ1) is 9.19. The van der Waals surface area contributed by atoms with E-state index in [1.807, 2.05) is 41.2 Å². The second-order valence-corrected chi connectivity index (χ2v) is 5.47. The Kier molecular flexibility index (Phi) is 4.86. The smallest absolute Gasteiger partial charge is 0.227 e. The minimum atomic E-state index is 0.126. The highest BCUT2D eigenvalue weighted by molar-refractivity contribution is 9.10. The van der Waals surface area contributed by atoms with Crippen LogP contribution in [0.15, 0.2) is 53.3 Å². The zero-order valence-electron chi connectivity index (χ0n) is 11.0. The quantitative estimate of drug-likeness (QED) is 0.610. The van der Waals surface area contributed by atoms with Gasteiger partial charge in [0.25, 0.3) is 0 Å². The molecule has 2 nitrogen and oxygen atoms in total. The van der Waals surface area contributed by atoms with Crippen molar-refractivity contribution in [1.29, 1.82) is 0 Å². The first-order valence-corrected chi connectivity index (χ1v) is 7.25. The number of nitrogens with zero attached hydrogens (tertiary/aromatic N) is 1. The third-order valence-corrected chi connectivity index (χ3v) is 3.52. The molecule has 98 valence electrons. The fourth-order valence-electron chi connectivity index (χ4n) is 1.94. The summed E-state index contributed by atoms with van der Waals surface area (Å²) in [6, 6.07) is 11.6. The van der Waals surface area contributed by atoms with Gasteiger partial charge in [-0.05, 0) is 24.1 Å². The molecular weight excluding hydrogens is 302 g/mol. The van der Waals surface area contributed by atoms with E-state index < -0.39 is 0 Å². The maximum atomic E-state index is 12.1. The van der Waals surface area contributed by atoms with Crippen molar-refractivity contribution in [3.63, 3.8) is 0 Å². The van der Waals surface area contributed by atoms with Gasteiger partial charge < -0.3 is 0 Å². The molecule has 1 heterocycles. The van der Waals surface area contributed by atoms with Gasteiger partial charge in [-0.25, -0.2) is 0 Å². The zero-order valence-corrected chi connectivity index (χ0v) is 12.6. The van der Waals surface area contributed by atoms with Crippen LogP contribution in [0.5, 0.6) is 0 Å². The molecule has 1 aromatic heterocycles. The fourth-order valence-corrected chi connectivity index (χ4v) is 2.21. The molecular formula is C16H17BrNO+. The molecule has 0 saturated heterocycles. The van der Waals surface area contributed by atoms with Crippen LogP contribution < -0.4 is 4.57 Å². The van der Waals surface area contributed by atoms with Gasteiger partial charge in [0.15, 0.2) is 12.4 Å². The predicted molar refractivity (Wildman–Crippen MR) is 79.1 cm³/mol. The SMILES string of the molecule is CCCc1cc[n+](CC(=O)c2ccc(Br)cc2)cc1. The third-order valence-electron chi connectivity index (χ3n) is 2.99. The third kappa shape index (κ3) is 4.00.